The lowest BCUT2D eigenvalue weighted by molar-refractivity contribution is -0.132. The van der Waals surface area contributed by atoms with Crippen LogP contribution in [0.1, 0.15) is 12.8 Å². The lowest BCUT2D eigenvalue weighted by atomic mass is 10.1. The van der Waals surface area contributed by atoms with Gasteiger partial charge in [0.1, 0.15) is 0 Å². The lowest BCUT2D eigenvalue weighted by Gasteiger charge is -2.13. The molecule has 1 saturated heterocycles. The van der Waals surface area contributed by atoms with Crippen molar-refractivity contribution in [2.45, 2.75) is 25.0 Å². The zero-order valence-electron chi connectivity index (χ0n) is 8.51. The minimum Gasteiger partial charge on any atom is -0.477 e. The van der Waals surface area contributed by atoms with Crippen molar-refractivity contribution in [2.24, 2.45) is 5.16 Å². The number of nitrogens with one attached hydrogen (secondary N) is 1. The molecule has 88 valence electrons. The summed E-state index contributed by atoms with van der Waals surface area (Å²) in [4.78, 5) is 26.9. The maximum Gasteiger partial charge on any atom is 0.353 e. The number of ether oxygens (including phenoxy) is 1. The highest BCUT2D eigenvalue weighted by Crippen LogP contribution is 2.12. The summed E-state index contributed by atoms with van der Waals surface area (Å²) in [5, 5.41) is 14.7. The lowest BCUT2D eigenvalue weighted by Crippen LogP contribution is -2.42. The Balaban J connectivity index is 1.81. The maximum absolute atomic E-state index is 11.6. The third kappa shape index (κ3) is 2.30. The van der Waals surface area contributed by atoms with Gasteiger partial charge in [-0.15, -0.1) is 0 Å². The first-order valence-corrected chi connectivity index (χ1v) is 5.01. The van der Waals surface area contributed by atoms with Crippen LogP contribution >= 0.6 is 0 Å². The van der Waals surface area contributed by atoms with Crippen LogP contribution in [0.4, 0.5) is 0 Å². The molecule has 0 bridgehead atoms. The van der Waals surface area contributed by atoms with Crippen molar-refractivity contribution < 1.29 is 24.3 Å². The van der Waals surface area contributed by atoms with Gasteiger partial charge in [-0.2, -0.15) is 0 Å². The van der Waals surface area contributed by atoms with Gasteiger partial charge in [0.25, 0.3) is 5.91 Å². The zero-order chi connectivity index (χ0) is 11.5. The number of aliphatic carboxylic acids is 1. The number of hydrogen-bond acceptors (Lipinski definition) is 5. The largest absolute Gasteiger partial charge is 0.477 e. The third-order valence-electron chi connectivity index (χ3n) is 2.48. The van der Waals surface area contributed by atoms with Gasteiger partial charge in [0, 0.05) is 13.0 Å². The Morgan fingerprint density at radius 1 is 1.50 bits per heavy atom. The molecule has 2 heterocycles. The Morgan fingerprint density at radius 2 is 2.31 bits per heavy atom. The van der Waals surface area contributed by atoms with Crippen LogP contribution in [-0.4, -0.2) is 48.1 Å². The molecule has 0 aliphatic carbocycles. The molecule has 0 radical (unpaired) electrons. The second kappa shape index (κ2) is 4.48. The first-order chi connectivity index (χ1) is 7.66. The second-order valence-corrected chi connectivity index (χ2v) is 3.71. The number of carboxylic acids is 1. The third-order valence-corrected chi connectivity index (χ3v) is 2.48. The highest BCUT2D eigenvalue weighted by atomic mass is 16.6. The Kier molecular flexibility index (Phi) is 3.04. The predicted octanol–water partition coefficient (Wildman–Crippen LogP) is -0.879. The molecule has 16 heavy (non-hydrogen) atoms. The van der Waals surface area contributed by atoms with Gasteiger partial charge in [0.2, 0.25) is 6.10 Å². The van der Waals surface area contributed by atoms with Crippen LogP contribution in [0.25, 0.3) is 0 Å². The molecule has 0 aromatic carbocycles. The summed E-state index contributed by atoms with van der Waals surface area (Å²) >= 11 is 0. The SMILES string of the molecule is O=C(O)C1=NOC(C(=O)NC2CCOC2)C1. The Bertz CT molecular complexity index is 335. The summed E-state index contributed by atoms with van der Waals surface area (Å²) in [6.45, 7) is 1.12. The van der Waals surface area contributed by atoms with Gasteiger partial charge in [0.05, 0.1) is 12.6 Å². The van der Waals surface area contributed by atoms with E-state index in [1.807, 2.05) is 0 Å². The number of carboxylic acid groups (broad SMARTS) is 1. The summed E-state index contributed by atoms with van der Waals surface area (Å²) < 4.78 is 5.10. The van der Waals surface area contributed by atoms with Crippen molar-refractivity contribution >= 4 is 17.6 Å². The van der Waals surface area contributed by atoms with E-state index in [9.17, 15) is 9.59 Å². The van der Waals surface area contributed by atoms with Crippen molar-refractivity contribution in [3.05, 3.63) is 0 Å². The van der Waals surface area contributed by atoms with E-state index in [2.05, 4.69) is 10.5 Å². The van der Waals surface area contributed by atoms with Crippen LogP contribution in [0.5, 0.6) is 0 Å². The number of oxime groups is 1. The minimum atomic E-state index is -1.15. The number of rotatable bonds is 3. The van der Waals surface area contributed by atoms with E-state index in [0.29, 0.717) is 13.2 Å². The smallest absolute Gasteiger partial charge is 0.353 e. The molecule has 2 aliphatic heterocycles. The summed E-state index contributed by atoms with van der Waals surface area (Å²) in [6.07, 6.45) is -0.0495. The topological polar surface area (TPSA) is 97.2 Å². The van der Waals surface area contributed by atoms with E-state index in [-0.39, 0.29) is 24.1 Å². The summed E-state index contributed by atoms with van der Waals surface area (Å²) in [5.74, 6) is -1.49. The van der Waals surface area contributed by atoms with Gasteiger partial charge in [-0.05, 0) is 6.42 Å². The molecular formula is C9H12N2O5. The quantitative estimate of drug-likeness (QED) is 0.653. The molecule has 1 amide bonds. The van der Waals surface area contributed by atoms with Crippen LogP contribution in [-0.2, 0) is 19.2 Å². The first-order valence-electron chi connectivity index (χ1n) is 5.01. The van der Waals surface area contributed by atoms with Gasteiger partial charge >= 0.3 is 5.97 Å². The van der Waals surface area contributed by atoms with Gasteiger partial charge in [-0.1, -0.05) is 5.16 Å². The van der Waals surface area contributed by atoms with Gasteiger partial charge in [-0.3, -0.25) is 4.79 Å². The molecule has 0 aromatic rings. The average Bonchev–Trinajstić information content (AvgIpc) is 2.86. The standard InChI is InChI=1S/C9H12N2O5/c12-8(10-5-1-2-15-4-5)7-3-6(9(13)14)11-16-7/h5,7H,1-4H2,(H,10,12)(H,13,14). The van der Waals surface area contributed by atoms with E-state index >= 15 is 0 Å². The molecule has 2 rings (SSSR count). The normalized spacial score (nSPS) is 28.4. The van der Waals surface area contributed by atoms with Crippen molar-refractivity contribution in [2.75, 3.05) is 13.2 Å². The van der Waals surface area contributed by atoms with Crippen molar-refractivity contribution in [1.82, 2.24) is 5.32 Å². The fourth-order valence-electron chi connectivity index (χ4n) is 1.59. The first kappa shape index (κ1) is 10.9. The molecule has 0 spiro atoms. The maximum atomic E-state index is 11.6. The van der Waals surface area contributed by atoms with E-state index in [1.54, 1.807) is 0 Å². The Morgan fingerprint density at radius 3 is 2.88 bits per heavy atom. The van der Waals surface area contributed by atoms with Gasteiger partial charge in [-0.25, -0.2) is 4.79 Å². The molecule has 0 saturated carbocycles. The minimum absolute atomic E-state index is 0.00867. The van der Waals surface area contributed by atoms with Crippen molar-refractivity contribution in [1.29, 1.82) is 0 Å². The zero-order valence-corrected chi connectivity index (χ0v) is 8.51. The van der Waals surface area contributed by atoms with Gasteiger partial charge < -0.3 is 20.0 Å². The number of nitrogens with zero attached hydrogens (tertiary/aromatic N) is 1. The number of amides is 1. The van der Waals surface area contributed by atoms with Crippen molar-refractivity contribution in [3.8, 4) is 0 Å². The molecule has 1 fully saturated rings. The van der Waals surface area contributed by atoms with Crippen LogP contribution in [0.3, 0.4) is 0 Å². The number of hydrogen-bond donors (Lipinski definition) is 2. The molecular weight excluding hydrogens is 216 g/mol. The second-order valence-electron chi connectivity index (χ2n) is 3.71. The van der Waals surface area contributed by atoms with Crippen LogP contribution in [0, 0.1) is 0 Å². The summed E-state index contributed by atoms with van der Waals surface area (Å²) in [7, 11) is 0. The van der Waals surface area contributed by atoms with E-state index in [1.165, 1.54) is 0 Å². The molecule has 0 aromatic heterocycles. The van der Waals surface area contributed by atoms with E-state index in [4.69, 9.17) is 14.7 Å². The average molecular weight is 228 g/mol. The van der Waals surface area contributed by atoms with Crippen LogP contribution in [0.15, 0.2) is 5.16 Å². The molecule has 2 N–H and O–H groups in total. The Hall–Kier alpha value is -1.63. The highest BCUT2D eigenvalue weighted by Gasteiger charge is 2.33. The molecule has 2 aliphatic rings. The molecule has 7 nitrogen and oxygen atoms in total. The van der Waals surface area contributed by atoms with E-state index in [0.717, 1.165) is 6.42 Å². The molecule has 2 unspecified atom stereocenters. The number of carbonyl (C=O) groups is 2. The van der Waals surface area contributed by atoms with Gasteiger partial charge in [0.15, 0.2) is 5.71 Å². The fraction of sp³-hybridized carbons (Fsp3) is 0.667. The molecule has 7 heteroatoms. The van der Waals surface area contributed by atoms with Crippen LogP contribution in [0.2, 0.25) is 0 Å². The molecule has 2 atom stereocenters. The number of carbonyl (C=O) groups excluding carboxylic acids is 1. The Labute approximate surface area is 91.4 Å². The van der Waals surface area contributed by atoms with Crippen molar-refractivity contribution in [3.63, 3.8) is 0 Å². The fourth-order valence-corrected chi connectivity index (χ4v) is 1.59. The van der Waals surface area contributed by atoms with Crippen LogP contribution < -0.4 is 5.32 Å². The summed E-state index contributed by atoms with van der Waals surface area (Å²) in [6, 6.07) is -0.00928. The highest BCUT2D eigenvalue weighted by molar-refractivity contribution is 6.36. The monoisotopic (exact) mass is 228 g/mol. The summed E-state index contributed by atoms with van der Waals surface area (Å²) in [5.41, 5.74) is -0.122. The predicted molar refractivity (Wildman–Crippen MR) is 51.9 cm³/mol. The van der Waals surface area contributed by atoms with E-state index < -0.39 is 12.1 Å².